The van der Waals surface area contributed by atoms with Gasteiger partial charge in [-0.15, -0.1) is 0 Å². The number of carboxylic acid groups (broad SMARTS) is 1. The Hall–Kier alpha value is -1.36. The van der Waals surface area contributed by atoms with E-state index in [4.69, 9.17) is 9.84 Å². The number of hydrogen-bond donors (Lipinski definition) is 1. The lowest BCUT2D eigenvalue weighted by Gasteiger charge is -2.25. The molecule has 0 aromatic heterocycles. The van der Waals surface area contributed by atoms with Gasteiger partial charge in [-0.3, -0.25) is 9.59 Å². The lowest BCUT2D eigenvalue weighted by molar-refractivity contribution is -0.157. The van der Waals surface area contributed by atoms with Gasteiger partial charge in [-0.1, -0.05) is 46.3 Å². The van der Waals surface area contributed by atoms with E-state index in [1.165, 1.54) is 5.56 Å². The molecule has 1 unspecified atom stereocenters. The standard InChI is InChI=1S/C16H21BrO4/c1-16(2,11-10-12-6-4-3-5-7-12)21-14(18)9-8-13(17)15(19)20/h3-7,13H,8-11H2,1-2H3,(H,19,20). The molecule has 1 rings (SSSR count). The minimum atomic E-state index is -0.967. The van der Waals surface area contributed by atoms with E-state index in [-0.39, 0.29) is 18.8 Å². The number of aryl methyl sites for hydroxylation is 1. The summed E-state index contributed by atoms with van der Waals surface area (Å²) in [4.78, 5) is 21.7. The minimum absolute atomic E-state index is 0.0942. The second kappa shape index (κ2) is 8.17. The second-order valence-electron chi connectivity index (χ2n) is 5.56. The van der Waals surface area contributed by atoms with Crippen LogP contribution in [0.25, 0.3) is 0 Å². The van der Waals surface area contributed by atoms with Crippen molar-refractivity contribution in [2.45, 2.75) is 50.0 Å². The minimum Gasteiger partial charge on any atom is -0.480 e. The number of carbonyl (C=O) groups is 2. The molecule has 1 aromatic carbocycles. The maximum atomic E-state index is 11.8. The average Bonchev–Trinajstić information content (AvgIpc) is 2.43. The van der Waals surface area contributed by atoms with Crippen molar-refractivity contribution in [3.63, 3.8) is 0 Å². The molecule has 0 radical (unpaired) electrons. The van der Waals surface area contributed by atoms with E-state index in [1.54, 1.807) is 0 Å². The van der Waals surface area contributed by atoms with Gasteiger partial charge in [0, 0.05) is 6.42 Å². The van der Waals surface area contributed by atoms with Crippen LogP contribution in [0.2, 0.25) is 0 Å². The summed E-state index contributed by atoms with van der Waals surface area (Å²) >= 11 is 3.00. The molecule has 0 heterocycles. The number of carbonyl (C=O) groups excluding carboxylic acids is 1. The van der Waals surface area contributed by atoms with Gasteiger partial charge in [-0.2, -0.15) is 0 Å². The van der Waals surface area contributed by atoms with Gasteiger partial charge in [0.15, 0.2) is 0 Å². The zero-order chi connectivity index (χ0) is 15.9. The quantitative estimate of drug-likeness (QED) is 0.571. The fourth-order valence-electron chi connectivity index (χ4n) is 1.87. The smallest absolute Gasteiger partial charge is 0.317 e. The van der Waals surface area contributed by atoms with Gasteiger partial charge in [0.25, 0.3) is 0 Å². The van der Waals surface area contributed by atoms with Crippen molar-refractivity contribution in [3.05, 3.63) is 35.9 Å². The van der Waals surface area contributed by atoms with Crippen molar-refractivity contribution in [1.82, 2.24) is 0 Å². The Labute approximate surface area is 133 Å². The molecule has 0 spiro atoms. The van der Waals surface area contributed by atoms with Crippen LogP contribution in [0.5, 0.6) is 0 Å². The van der Waals surface area contributed by atoms with E-state index in [2.05, 4.69) is 15.9 Å². The van der Waals surface area contributed by atoms with Gasteiger partial charge in [0.2, 0.25) is 0 Å². The largest absolute Gasteiger partial charge is 0.480 e. The van der Waals surface area contributed by atoms with Crippen molar-refractivity contribution in [3.8, 4) is 0 Å². The molecule has 1 aromatic rings. The number of halogens is 1. The number of rotatable bonds is 8. The van der Waals surface area contributed by atoms with Crippen molar-refractivity contribution in [2.75, 3.05) is 0 Å². The van der Waals surface area contributed by atoms with Gasteiger partial charge < -0.3 is 9.84 Å². The van der Waals surface area contributed by atoms with Crippen LogP contribution in [0.3, 0.4) is 0 Å². The highest BCUT2D eigenvalue weighted by Gasteiger charge is 2.24. The monoisotopic (exact) mass is 356 g/mol. The Balaban J connectivity index is 2.37. The van der Waals surface area contributed by atoms with Crippen molar-refractivity contribution in [2.24, 2.45) is 0 Å². The molecule has 0 aliphatic carbocycles. The Bertz CT molecular complexity index is 470. The summed E-state index contributed by atoms with van der Waals surface area (Å²) < 4.78 is 5.44. The van der Waals surface area contributed by atoms with Crippen molar-refractivity contribution in [1.29, 1.82) is 0 Å². The van der Waals surface area contributed by atoms with Crippen LogP contribution in [0, 0.1) is 0 Å². The van der Waals surface area contributed by atoms with E-state index in [1.807, 2.05) is 44.2 Å². The van der Waals surface area contributed by atoms with Gasteiger partial charge in [-0.25, -0.2) is 0 Å². The molecule has 4 nitrogen and oxygen atoms in total. The number of benzene rings is 1. The predicted molar refractivity (Wildman–Crippen MR) is 84.5 cm³/mol. The van der Waals surface area contributed by atoms with Crippen LogP contribution >= 0.6 is 15.9 Å². The molecule has 21 heavy (non-hydrogen) atoms. The molecule has 0 aliphatic heterocycles. The van der Waals surface area contributed by atoms with E-state index in [0.717, 1.165) is 12.8 Å². The first kappa shape index (κ1) is 17.7. The van der Waals surface area contributed by atoms with Crippen LogP contribution < -0.4 is 0 Å². The maximum Gasteiger partial charge on any atom is 0.317 e. The number of aliphatic carboxylic acids is 1. The van der Waals surface area contributed by atoms with E-state index in [9.17, 15) is 9.59 Å². The van der Waals surface area contributed by atoms with E-state index < -0.39 is 16.4 Å². The first-order chi connectivity index (χ1) is 9.80. The fraction of sp³-hybridized carbons (Fsp3) is 0.500. The Morgan fingerprint density at radius 2 is 1.90 bits per heavy atom. The highest BCUT2D eigenvalue weighted by atomic mass is 79.9. The molecule has 0 aliphatic rings. The van der Waals surface area contributed by atoms with Crippen LogP contribution in [-0.2, 0) is 20.7 Å². The summed E-state index contributed by atoms with van der Waals surface area (Å²) in [6, 6.07) is 10.0. The number of alkyl halides is 1. The molecule has 1 N–H and O–H groups in total. The lowest BCUT2D eigenvalue weighted by atomic mass is 9.98. The van der Waals surface area contributed by atoms with Crippen LogP contribution in [0.1, 0.15) is 38.7 Å². The van der Waals surface area contributed by atoms with Gasteiger partial charge in [0.05, 0.1) is 0 Å². The predicted octanol–water partition coefficient (Wildman–Crippen LogP) is 3.57. The van der Waals surface area contributed by atoms with Crippen molar-refractivity contribution >= 4 is 27.9 Å². The van der Waals surface area contributed by atoms with Crippen LogP contribution in [-0.4, -0.2) is 27.5 Å². The fourth-order valence-corrected chi connectivity index (χ4v) is 2.10. The third kappa shape index (κ3) is 7.27. The average molecular weight is 357 g/mol. The zero-order valence-corrected chi connectivity index (χ0v) is 13.9. The molecule has 0 saturated carbocycles. The topological polar surface area (TPSA) is 63.6 Å². The first-order valence-corrected chi connectivity index (χ1v) is 7.84. The molecule has 116 valence electrons. The molecular weight excluding hydrogens is 336 g/mol. The van der Waals surface area contributed by atoms with Crippen molar-refractivity contribution < 1.29 is 19.4 Å². The maximum absolute atomic E-state index is 11.8. The first-order valence-electron chi connectivity index (χ1n) is 6.93. The summed E-state index contributed by atoms with van der Waals surface area (Å²) in [6.45, 7) is 3.74. The zero-order valence-electron chi connectivity index (χ0n) is 12.3. The third-order valence-corrected chi connectivity index (χ3v) is 3.97. The SMILES string of the molecule is CC(C)(CCc1ccccc1)OC(=O)CCC(Br)C(=O)O. The number of hydrogen-bond acceptors (Lipinski definition) is 3. The molecule has 0 fully saturated rings. The molecule has 0 amide bonds. The molecule has 0 saturated heterocycles. The van der Waals surface area contributed by atoms with Gasteiger partial charge in [0.1, 0.15) is 10.4 Å². The van der Waals surface area contributed by atoms with E-state index >= 15 is 0 Å². The summed E-state index contributed by atoms with van der Waals surface area (Å²) in [5.41, 5.74) is 0.644. The van der Waals surface area contributed by atoms with Gasteiger partial charge >= 0.3 is 11.9 Å². The summed E-state index contributed by atoms with van der Waals surface area (Å²) in [5, 5.41) is 8.74. The molecule has 0 bridgehead atoms. The number of carboxylic acids is 1. The van der Waals surface area contributed by atoms with Crippen LogP contribution in [0.15, 0.2) is 30.3 Å². The normalized spacial score (nSPS) is 12.7. The highest BCUT2D eigenvalue weighted by Crippen LogP contribution is 2.20. The lowest BCUT2D eigenvalue weighted by Crippen LogP contribution is -2.29. The third-order valence-electron chi connectivity index (χ3n) is 3.12. The number of ether oxygens (including phenoxy) is 1. The second-order valence-corrected chi connectivity index (χ2v) is 6.67. The summed E-state index contributed by atoms with van der Waals surface area (Å²) in [7, 11) is 0. The van der Waals surface area contributed by atoms with Gasteiger partial charge in [-0.05, 0) is 38.7 Å². The molecular formula is C16H21BrO4. The Kier molecular flexibility index (Phi) is 6.89. The van der Waals surface area contributed by atoms with Crippen LogP contribution in [0.4, 0.5) is 0 Å². The summed E-state index contributed by atoms with van der Waals surface area (Å²) in [5.74, 6) is -1.33. The Morgan fingerprint density at radius 1 is 1.29 bits per heavy atom. The van der Waals surface area contributed by atoms with E-state index in [0.29, 0.717) is 0 Å². The molecule has 5 heteroatoms. The summed E-state index contributed by atoms with van der Waals surface area (Å²) in [6.07, 6.45) is 1.87. The highest BCUT2D eigenvalue weighted by molar-refractivity contribution is 9.10. The number of esters is 1. The Morgan fingerprint density at radius 3 is 2.48 bits per heavy atom. The molecule has 1 atom stereocenters.